The van der Waals surface area contributed by atoms with Crippen molar-refractivity contribution in [3.8, 4) is 0 Å². The van der Waals surface area contributed by atoms with Crippen LogP contribution in [0, 0.1) is 0 Å². The molecule has 0 spiro atoms. The standard InChI is InChI=1S/C11H17N7O/c1-3-13-11(19)7(2)15-9-10-14-4-5-18(10)6-8(16-9)17-12/h4-7,17H,3,12H2,1-2H3,(H,13,19)(H,15,16). The van der Waals surface area contributed by atoms with E-state index in [1.807, 2.05) is 6.92 Å². The molecule has 0 bridgehead atoms. The smallest absolute Gasteiger partial charge is 0.242 e. The molecule has 0 aliphatic carbocycles. The van der Waals surface area contributed by atoms with Gasteiger partial charge in [-0.05, 0) is 13.8 Å². The molecule has 2 rings (SSSR count). The number of rotatable bonds is 5. The van der Waals surface area contributed by atoms with Crippen LogP contribution in [-0.2, 0) is 4.79 Å². The maximum absolute atomic E-state index is 11.7. The van der Waals surface area contributed by atoms with E-state index < -0.39 is 6.04 Å². The number of anilines is 2. The van der Waals surface area contributed by atoms with Crippen LogP contribution in [-0.4, -0.2) is 32.9 Å². The van der Waals surface area contributed by atoms with Crippen molar-refractivity contribution >= 4 is 23.2 Å². The fourth-order valence-corrected chi connectivity index (χ4v) is 1.70. The van der Waals surface area contributed by atoms with Gasteiger partial charge in [-0.15, -0.1) is 0 Å². The summed E-state index contributed by atoms with van der Waals surface area (Å²) < 4.78 is 1.77. The number of nitrogen functional groups attached to an aromatic ring is 1. The van der Waals surface area contributed by atoms with Gasteiger partial charge in [-0.1, -0.05) is 0 Å². The van der Waals surface area contributed by atoms with E-state index in [1.165, 1.54) is 0 Å². The molecule has 2 aromatic heterocycles. The number of nitrogens with two attached hydrogens (primary N) is 1. The first kappa shape index (κ1) is 13.1. The second-order valence-electron chi connectivity index (χ2n) is 4.04. The lowest BCUT2D eigenvalue weighted by atomic mass is 10.3. The Kier molecular flexibility index (Phi) is 3.81. The van der Waals surface area contributed by atoms with Gasteiger partial charge in [0.2, 0.25) is 5.91 Å². The van der Waals surface area contributed by atoms with Crippen molar-refractivity contribution in [1.82, 2.24) is 19.7 Å². The van der Waals surface area contributed by atoms with Crippen molar-refractivity contribution in [3.63, 3.8) is 0 Å². The third-order valence-electron chi connectivity index (χ3n) is 2.62. The number of nitrogens with zero attached hydrogens (tertiary/aromatic N) is 3. The zero-order valence-corrected chi connectivity index (χ0v) is 10.8. The van der Waals surface area contributed by atoms with Gasteiger partial charge in [-0.3, -0.25) is 4.79 Å². The molecule has 5 N–H and O–H groups in total. The third-order valence-corrected chi connectivity index (χ3v) is 2.62. The van der Waals surface area contributed by atoms with Crippen LogP contribution in [0.25, 0.3) is 5.65 Å². The molecule has 1 atom stereocenters. The van der Waals surface area contributed by atoms with Crippen molar-refractivity contribution in [2.75, 3.05) is 17.3 Å². The largest absolute Gasteiger partial charge is 0.355 e. The Balaban J connectivity index is 2.28. The van der Waals surface area contributed by atoms with Gasteiger partial charge in [0.1, 0.15) is 6.04 Å². The lowest BCUT2D eigenvalue weighted by molar-refractivity contribution is -0.121. The zero-order valence-electron chi connectivity index (χ0n) is 10.8. The topological polar surface area (TPSA) is 109 Å². The molecule has 8 nitrogen and oxygen atoms in total. The van der Waals surface area contributed by atoms with Crippen LogP contribution in [0.5, 0.6) is 0 Å². The van der Waals surface area contributed by atoms with E-state index in [1.54, 1.807) is 29.9 Å². The first-order valence-corrected chi connectivity index (χ1v) is 6.00. The summed E-state index contributed by atoms with van der Waals surface area (Å²) in [5.41, 5.74) is 3.11. The molecule has 1 unspecified atom stereocenters. The predicted molar refractivity (Wildman–Crippen MR) is 72.6 cm³/mol. The fraction of sp³-hybridized carbons (Fsp3) is 0.364. The normalized spacial score (nSPS) is 12.2. The molecule has 2 aromatic rings. The van der Waals surface area contributed by atoms with E-state index in [9.17, 15) is 4.79 Å². The predicted octanol–water partition coefficient (Wildman–Crippen LogP) is -0.0486. The number of carbonyl (C=O) groups excluding carboxylic acids is 1. The van der Waals surface area contributed by atoms with Crippen LogP contribution in [0.3, 0.4) is 0 Å². The summed E-state index contributed by atoms with van der Waals surface area (Å²) in [5.74, 6) is 6.25. The summed E-state index contributed by atoms with van der Waals surface area (Å²) in [7, 11) is 0. The third kappa shape index (κ3) is 2.74. The minimum Gasteiger partial charge on any atom is -0.355 e. The highest BCUT2D eigenvalue weighted by molar-refractivity contribution is 5.85. The van der Waals surface area contributed by atoms with E-state index in [0.29, 0.717) is 23.8 Å². The SMILES string of the molecule is CCNC(=O)C(C)Nc1nc(NN)cn2ccnc12. The second-order valence-corrected chi connectivity index (χ2v) is 4.04. The van der Waals surface area contributed by atoms with Crippen molar-refractivity contribution in [2.45, 2.75) is 19.9 Å². The molecular weight excluding hydrogens is 246 g/mol. The summed E-state index contributed by atoms with van der Waals surface area (Å²) >= 11 is 0. The van der Waals surface area contributed by atoms with Gasteiger partial charge in [0.05, 0.1) is 6.20 Å². The number of nitrogens with one attached hydrogen (secondary N) is 3. The minimum absolute atomic E-state index is 0.0971. The molecule has 0 saturated carbocycles. The summed E-state index contributed by atoms with van der Waals surface area (Å²) in [6.45, 7) is 4.21. The maximum Gasteiger partial charge on any atom is 0.242 e. The summed E-state index contributed by atoms with van der Waals surface area (Å²) in [6, 6.07) is -0.416. The molecule has 0 aromatic carbocycles. The summed E-state index contributed by atoms with van der Waals surface area (Å²) in [6.07, 6.45) is 5.14. The molecular formula is C11H17N7O. The van der Waals surface area contributed by atoms with Gasteiger partial charge in [0.25, 0.3) is 0 Å². The van der Waals surface area contributed by atoms with Gasteiger partial charge in [-0.25, -0.2) is 15.8 Å². The molecule has 0 aliphatic rings. The van der Waals surface area contributed by atoms with Crippen molar-refractivity contribution < 1.29 is 4.79 Å². The molecule has 1 amide bonds. The lowest BCUT2D eigenvalue weighted by Crippen LogP contribution is -2.37. The van der Waals surface area contributed by atoms with Gasteiger partial charge in [-0.2, -0.15) is 0 Å². The average molecular weight is 263 g/mol. The Morgan fingerprint density at radius 2 is 2.37 bits per heavy atom. The van der Waals surface area contributed by atoms with Crippen LogP contribution < -0.4 is 21.9 Å². The molecule has 0 radical (unpaired) electrons. The van der Waals surface area contributed by atoms with Gasteiger partial charge < -0.3 is 20.5 Å². The van der Waals surface area contributed by atoms with E-state index in [0.717, 1.165) is 0 Å². The minimum atomic E-state index is -0.416. The lowest BCUT2D eigenvalue weighted by Gasteiger charge is -2.15. The number of hydrogen-bond acceptors (Lipinski definition) is 6. The number of carbonyl (C=O) groups is 1. The molecule has 8 heteroatoms. The van der Waals surface area contributed by atoms with E-state index in [-0.39, 0.29) is 5.91 Å². The van der Waals surface area contributed by atoms with Gasteiger partial charge in [0.15, 0.2) is 17.3 Å². The van der Waals surface area contributed by atoms with E-state index in [4.69, 9.17) is 5.84 Å². The Bertz CT molecular complexity index is 579. The van der Waals surface area contributed by atoms with Crippen LogP contribution in [0.15, 0.2) is 18.6 Å². The number of imidazole rings is 1. The fourth-order valence-electron chi connectivity index (χ4n) is 1.70. The van der Waals surface area contributed by atoms with Crippen molar-refractivity contribution in [2.24, 2.45) is 5.84 Å². The number of amides is 1. The molecule has 19 heavy (non-hydrogen) atoms. The van der Waals surface area contributed by atoms with Crippen molar-refractivity contribution in [1.29, 1.82) is 0 Å². The van der Waals surface area contributed by atoms with Crippen LogP contribution in [0.4, 0.5) is 11.6 Å². The maximum atomic E-state index is 11.7. The molecule has 0 saturated heterocycles. The Hall–Kier alpha value is -2.35. The number of hydrazine groups is 1. The van der Waals surface area contributed by atoms with Crippen molar-refractivity contribution in [3.05, 3.63) is 18.6 Å². The molecule has 102 valence electrons. The number of aromatic nitrogens is 3. The second kappa shape index (κ2) is 5.53. The summed E-state index contributed by atoms with van der Waals surface area (Å²) in [4.78, 5) is 20.2. The van der Waals surface area contributed by atoms with E-state index >= 15 is 0 Å². The number of hydrogen-bond donors (Lipinski definition) is 4. The van der Waals surface area contributed by atoms with Gasteiger partial charge in [0, 0.05) is 18.9 Å². The zero-order chi connectivity index (χ0) is 13.8. The number of likely N-dealkylation sites (N-methyl/N-ethyl adjacent to an activating group) is 1. The first-order chi connectivity index (χ1) is 9.15. The number of fused-ring (bicyclic) bond motifs is 1. The monoisotopic (exact) mass is 263 g/mol. The molecule has 2 heterocycles. The Labute approximate surface area is 110 Å². The highest BCUT2D eigenvalue weighted by Gasteiger charge is 2.15. The summed E-state index contributed by atoms with van der Waals surface area (Å²) in [5, 5.41) is 5.77. The highest BCUT2D eigenvalue weighted by atomic mass is 16.2. The quantitative estimate of drug-likeness (QED) is 0.445. The average Bonchev–Trinajstić information content (AvgIpc) is 2.87. The van der Waals surface area contributed by atoms with Crippen LogP contribution >= 0.6 is 0 Å². The van der Waals surface area contributed by atoms with Gasteiger partial charge >= 0.3 is 0 Å². The molecule has 0 fully saturated rings. The Morgan fingerprint density at radius 3 is 3.05 bits per heavy atom. The first-order valence-electron chi connectivity index (χ1n) is 6.00. The Morgan fingerprint density at radius 1 is 1.58 bits per heavy atom. The molecule has 0 aliphatic heterocycles. The van der Waals surface area contributed by atoms with Crippen LogP contribution in [0.1, 0.15) is 13.8 Å². The highest BCUT2D eigenvalue weighted by Crippen LogP contribution is 2.16. The van der Waals surface area contributed by atoms with Crippen LogP contribution in [0.2, 0.25) is 0 Å². The van der Waals surface area contributed by atoms with E-state index in [2.05, 4.69) is 26.0 Å².